The molecule has 20 heavy (non-hydrogen) atoms. The second-order valence-corrected chi connectivity index (χ2v) is 4.67. The van der Waals surface area contributed by atoms with Crippen molar-refractivity contribution in [1.29, 1.82) is 0 Å². The van der Waals surface area contributed by atoms with Crippen molar-refractivity contribution < 1.29 is 32.9 Å². The summed E-state index contributed by atoms with van der Waals surface area (Å²) in [5, 5.41) is 19.1. The molecule has 0 amide bonds. The highest BCUT2D eigenvalue weighted by Crippen LogP contribution is 2.31. The van der Waals surface area contributed by atoms with Gasteiger partial charge in [0.25, 0.3) is 0 Å². The zero-order valence-electron chi connectivity index (χ0n) is 10.9. The summed E-state index contributed by atoms with van der Waals surface area (Å²) in [6.45, 7) is 3.22. The Morgan fingerprint density at radius 2 is 1.90 bits per heavy atom. The van der Waals surface area contributed by atoms with E-state index in [4.69, 9.17) is 5.11 Å². The SMILES string of the molecule is CC(C)C(C(=O)O)C(O)c1cccc(OC(F)(F)F)c1. The molecule has 0 fully saturated rings. The van der Waals surface area contributed by atoms with E-state index in [-0.39, 0.29) is 11.5 Å². The van der Waals surface area contributed by atoms with Gasteiger partial charge in [0.1, 0.15) is 5.75 Å². The number of carboxylic acid groups (broad SMARTS) is 1. The number of halogens is 3. The number of aliphatic hydroxyl groups excluding tert-OH is 1. The number of hydrogen-bond acceptors (Lipinski definition) is 3. The van der Waals surface area contributed by atoms with E-state index >= 15 is 0 Å². The maximum Gasteiger partial charge on any atom is 0.573 e. The second-order valence-electron chi connectivity index (χ2n) is 4.67. The average molecular weight is 292 g/mol. The van der Waals surface area contributed by atoms with Crippen LogP contribution in [0.25, 0.3) is 0 Å². The zero-order chi connectivity index (χ0) is 15.5. The molecule has 0 aliphatic carbocycles. The van der Waals surface area contributed by atoms with Gasteiger partial charge in [0.05, 0.1) is 12.0 Å². The van der Waals surface area contributed by atoms with E-state index in [2.05, 4.69) is 4.74 Å². The first-order valence-corrected chi connectivity index (χ1v) is 5.88. The van der Waals surface area contributed by atoms with Crippen molar-refractivity contribution in [2.45, 2.75) is 26.3 Å². The summed E-state index contributed by atoms with van der Waals surface area (Å²) in [5.74, 6) is -3.21. The lowest BCUT2D eigenvalue weighted by molar-refractivity contribution is -0.274. The molecule has 2 N–H and O–H groups in total. The van der Waals surface area contributed by atoms with Gasteiger partial charge < -0.3 is 14.9 Å². The largest absolute Gasteiger partial charge is 0.573 e. The molecule has 0 aromatic heterocycles. The zero-order valence-corrected chi connectivity index (χ0v) is 10.9. The molecule has 0 spiro atoms. The monoisotopic (exact) mass is 292 g/mol. The lowest BCUT2D eigenvalue weighted by Gasteiger charge is -2.23. The summed E-state index contributed by atoms with van der Waals surface area (Å²) in [4.78, 5) is 11.1. The van der Waals surface area contributed by atoms with Crippen LogP contribution in [0.4, 0.5) is 13.2 Å². The minimum absolute atomic E-state index is 0.0628. The van der Waals surface area contributed by atoms with Gasteiger partial charge in [-0.2, -0.15) is 0 Å². The molecule has 1 aromatic rings. The Morgan fingerprint density at radius 1 is 1.30 bits per heavy atom. The number of alkyl halides is 3. The molecule has 1 aromatic carbocycles. The maximum absolute atomic E-state index is 12.1. The molecule has 7 heteroatoms. The van der Waals surface area contributed by atoms with Crippen molar-refractivity contribution in [1.82, 2.24) is 0 Å². The van der Waals surface area contributed by atoms with Gasteiger partial charge in [0.15, 0.2) is 0 Å². The van der Waals surface area contributed by atoms with Gasteiger partial charge in [-0.05, 0) is 23.6 Å². The van der Waals surface area contributed by atoms with Crippen molar-refractivity contribution in [3.8, 4) is 5.75 Å². The van der Waals surface area contributed by atoms with E-state index in [0.29, 0.717) is 0 Å². The topological polar surface area (TPSA) is 66.8 Å². The molecule has 0 radical (unpaired) electrons. The first-order valence-electron chi connectivity index (χ1n) is 5.88. The highest BCUT2D eigenvalue weighted by molar-refractivity contribution is 5.71. The van der Waals surface area contributed by atoms with Crippen LogP contribution in [0.15, 0.2) is 24.3 Å². The van der Waals surface area contributed by atoms with Crippen LogP contribution in [0.3, 0.4) is 0 Å². The van der Waals surface area contributed by atoms with Crippen LogP contribution >= 0.6 is 0 Å². The van der Waals surface area contributed by atoms with Gasteiger partial charge in [0.2, 0.25) is 0 Å². The van der Waals surface area contributed by atoms with Gasteiger partial charge in [-0.25, -0.2) is 0 Å². The quantitative estimate of drug-likeness (QED) is 0.875. The molecule has 4 nitrogen and oxygen atoms in total. The molecule has 1 rings (SSSR count). The number of aliphatic hydroxyl groups is 1. The first-order chi connectivity index (χ1) is 9.11. The van der Waals surface area contributed by atoms with Crippen LogP contribution in [0.1, 0.15) is 25.5 Å². The van der Waals surface area contributed by atoms with E-state index in [1.165, 1.54) is 12.1 Å². The molecule has 2 unspecified atom stereocenters. The lowest BCUT2D eigenvalue weighted by Crippen LogP contribution is -2.27. The van der Waals surface area contributed by atoms with Crippen LogP contribution in [0.5, 0.6) is 5.75 Å². The minimum atomic E-state index is -4.84. The Hall–Kier alpha value is -1.76. The van der Waals surface area contributed by atoms with Gasteiger partial charge >= 0.3 is 12.3 Å². The van der Waals surface area contributed by atoms with Crippen molar-refractivity contribution in [2.24, 2.45) is 11.8 Å². The van der Waals surface area contributed by atoms with Crippen molar-refractivity contribution >= 4 is 5.97 Å². The highest BCUT2D eigenvalue weighted by Gasteiger charge is 2.33. The number of hydrogen-bond donors (Lipinski definition) is 2. The fourth-order valence-corrected chi connectivity index (χ4v) is 1.89. The summed E-state index contributed by atoms with van der Waals surface area (Å²) < 4.78 is 40.1. The normalized spacial score (nSPS) is 14.9. The summed E-state index contributed by atoms with van der Waals surface area (Å²) in [6, 6.07) is 4.68. The van der Waals surface area contributed by atoms with E-state index in [9.17, 15) is 23.1 Å². The summed E-state index contributed by atoms with van der Waals surface area (Å²) in [7, 11) is 0. The minimum Gasteiger partial charge on any atom is -0.481 e. The fraction of sp³-hybridized carbons (Fsp3) is 0.462. The van der Waals surface area contributed by atoms with Gasteiger partial charge in [-0.15, -0.1) is 13.2 Å². The van der Waals surface area contributed by atoms with Gasteiger partial charge in [-0.1, -0.05) is 26.0 Å². The Morgan fingerprint density at radius 3 is 2.35 bits per heavy atom. The van der Waals surface area contributed by atoms with Crippen LogP contribution in [0.2, 0.25) is 0 Å². The molecule has 0 saturated heterocycles. The first kappa shape index (κ1) is 16.3. The number of carboxylic acids is 1. The fourth-order valence-electron chi connectivity index (χ4n) is 1.89. The van der Waals surface area contributed by atoms with E-state index in [0.717, 1.165) is 12.1 Å². The lowest BCUT2D eigenvalue weighted by atomic mass is 9.86. The van der Waals surface area contributed by atoms with Crippen LogP contribution in [0, 0.1) is 11.8 Å². The van der Waals surface area contributed by atoms with E-state index in [1.54, 1.807) is 13.8 Å². The second kappa shape index (κ2) is 6.13. The number of ether oxygens (including phenoxy) is 1. The summed E-state index contributed by atoms with van der Waals surface area (Å²) >= 11 is 0. The Kier molecular flexibility index (Phi) is 4.99. The smallest absolute Gasteiger partial charge is 0.481 e. The molecule has 0 aliphatic heterocycles. The number of rotatable bonds is 5. The number of benzene rings is 1. The van der Waals surface area contributed by atoms with Crippen LogP contribution in [-0.2, 0) is 4.79 Å². The van der Waals surface area contributed by atoms with Crippen LogP contribution in [-0.4, -0.2) is 22.5 Å². The Bertz CT molecular complexity index is 471. The molecule has 0 aliphatic rings. The molecule has 112 valence electrons. The standard InChI is InChI=1S/C13H15F3O4/c1-7(2)10(12(18)19)11(17)8-4-3-5-9(6-8)20-13(14,15)16/h3-7,10-11,17H,1-2H3,(H,18,19). The van der Waals surface area contributed by atoms with E-state index in [1.807, 2.05) is 0 Å². The highest BCUT2D eigenvalue weighted by atomic mass is 19.4. The number of carbonyl (C=O) groups is 1. The van der Waals surface area contributed by atoms with Gasteiger partial charge in [-0.3, -0.25) is 4.79 Å². The predicted molar refractivity (Wildman–Crippen MR) is 64.0 cm³/mol. The summed E-state index contributed by atoms with van der Waals surface area (Å²) in [5.41, 5.74) is 0.0628. The van der Waals surface area contributed by atoms with Gasteiger partial charge in [0, 0.05) is 0 Å². The third kappa shape index (κ3) is 4.41. The van der Waals surface area contributed by atoms with Crippen molar-refractivity contribution in [3.63, 3.8) is 0 Å². The molecule has 0 heterocycles. The molecular formula is C13H15F3O4. The molecule has 0 bridgehead atoms. The van der Waals surface area contributed by atoms with E-state index < -0.39 is 30.1 Å². The maximum atomic E-state index is 12.1. The average Bonchev–Trinajstić information content (AvgIpc) is 2.25. The Labute approximate surface area is 113 Å². The third-order valence-corrected chi connectivity index (χ3v) is 2.78. The van der Waals surface area contributed by atoms with Crippen LogP contribution < -0.4 is 4.74 Å². The number of aliphatic carboxylic acids is 1. The van der Waals surface area contributed by atoms with Crippen molar-refractivity contribution in [3.05, 3.63) is 29.8 Å². The molecule has 2 atom stereocenters. The Balaban J connectivity index is 3.01. The third-order valence-electron chi connectivity index (χ3n) is 2.78. The molecular weight excluding hydrogens is 277 g/mol. The van der Waals surface area contributed by atoms with Crippen molar-refractivity contribution in [2.75, 3.05) is 0 Å². The predicted octanol–water partition coefficient (Wildman–Crippen LogP) is 2.98. The summed E-state index contributed by atoms with van der Waals surface area (Å²) in [6.07, 6.45) is -6.25. The molecule has 0 saturated carbocycles.